The number of rotatable bonds is 4. The molecule has 0 bridgehead atoms. The van der Waals surface area contributed by atoms with Crippen molar-refractivity contribution >= 4 is 10.8 Å². The molecule has 0 saturated carbocycles. The van der Waals surface area contributed by atoms with Crippen LogP contribution in [-0.2, 0) is 0 Å². The molecule has 16 heavy (non-hydrogen) atoms. The molecule has 0 aromatic heterocycles. The number of fused-ring (bicyclic) bond motifs is 1. The van der Waals surface area contributed by atoms with Gasteiger partial charge in [0.15, 0.2) is 0 Å². The van der Waals surface area contributed by atoms with Gasteiger partial charge in [0.1, 0.15) is 11.5 Å². The Bertz CT molecular complexity index is 477. The van der Waals surface area contributed by atoms with E-state index in [9.17, 15) is 5.11 Å². The average molecular weight is 216 g/mol. The molecule has 0 saturated heterocycles. The molecule has 0 fully saturated rings. The molecule has 1 N–H and O–H groups in total. The van der Waals surface area contributed by atoms with Gasteiger partial charge in [-0.1, -0.05) is 25.5 Å². The van der Waals surface area contributed by atoms with Gasteiger partial charge in [-0.2, -0.15) is 0 Å². The number of hydrogen-bond acceptors (Lipinski definition) is 2. The third-order valence-corrected chi connectivity index (χ3v) is 2.56. The van der Waals surface area contributed by atoms with Crippen molar-refractivity contribution in [2.75, 3.05) is 6.61 Å². The van der Waals surface area contributed by atoms with E-state index in [-0.39, 0.29) is 0 Å². The van der Waals surface area contributed by atoms with Crippen LogP contribution in [0, 0.1) is 0 Å². The first-order chi connectivity index (χ1) is 7.79. The minimum absolute atomic E-state index is 0.298. The van der Waals surface area contributed by atoms with Crippen molar-refractivity contribution in [3.05, 3.63) is 36.4 Å². The van der Waals surface area contributed by atoms with Crippen molar-refractivity contribution in [1.29, 1.82) is 0 Å². The van der Waals surface area contributed by atoms with Crippen LogP contribution < -0.4 is 4.74 Å². The summed E-state index contributed by atoms with van der Waals surface area (Å²) < 4.78 is 5.62. The molecule has 0 amide bonds. The third kappa shape index (κ3) is 2.45. The first-order valence-electron chi connectivity index (χ1n) is 5.65. The van der Waals surface area contributed by atoms with Crippen LogP contribution in [0.5, 0.6) is 11.5 Å². The predicted molar refractivity (Wildman–Crippen MR) is 66.0 cm³/mol. The second kappa shape index (κ2) is 4.88. The van der Waals surface area contributed by atoms with E-state index in [1.807, 2.05) is 24.3 Å². The Hall–Kier alpha value is -1.70. The molecule has 2 aromatic rings. The molecule has 0 aliphatic heterocycles. The van der Waals surface area contributed by atoms with Gasteiger partial charge in [-0.15, -0.1) is 0 Å². The van der Waals surface area contributed by atoms with Crippen LogP contribution in [0.4, 0.5) is 0 Å². The smallest absolute Gasteiger partial charge is 0.119 e. The largest absolute Gasteiger partial charge is 0.508 e. The van der Waals surface area contributed by atoms with Crippen molar-refractivity contribution in [3.8, 4) is 11.5 Å². The summed E-state index contributed by atoms with van der Waals surface area (Å²) in [5.74, 6) is 1.19. The van der Waals surface area contributed by atoms with Crippen LogP contribution in [-0.4, -0.2) is 11.7 Å². The zero-order valence-corrected chi connectivity index (χ0v) is 9.44. The van der Waals surface area contributed by atoms with Crippen LogP contribution in [0.15, 0.2) is 36.4 Å². The average Bonchev–Trinajstić information content (AvgIpc) is 2.29. The van der Waals surface area contributed by atoms with Crippen LogP contribution >= 0.6 is 0 Å². The number of ether oxygens (including phenoxy) is 1. The van der Waals surface area contributed by atoms with Crippen molar-refractivity contribution in [2.45, 2.75) is 19.8 Å². The highest BCUT2D eigenvalue weighted by atomic mass is 16.5. The van der Waals surface area contributed by atoms with Crippen LogP contribution in [0.1, 0.15) is 19.8 Å². The summed E-state index contributed by atoms with van der Waals surface area (Å²) in [6.07, 6.45) is 2.22. The Morgan fingerprint density at radius 2 is 1.81 bits per heavy atom. The highest BCUT2D eigenvalue weighted by Gasteiger charge is 1.98. The number of phenols is 1. The molecule has 2 rings (SSSR count). The molecule has 0 heterocycles. The second-order valence-corrected chi connectivity index (χ2v) is 3.90. The fourth-order valence-corrected chi connectivity index (χ4v) is 1.64. The molecule has 0 spiro atoms. The number of unbranched alkanes of at least 4 members (excludes halogenated alkanes) is 1. The van der Waals surface area contributed by atoms with Gasteiger partial charge in [0, 0.05) is 0 Å². The van der Waals surface area contributed by atoms with Crippen molar-refractivity contribution in [2.24, 2.45) is 0 Å². The maximum Gasteiger partial charge on any atom is 0.119 e. The number of hydrogen-bond donors (Lipinski definition) is 1. The Morgan fingerprint density at radius 1 is 1.06 bits per heavy atom. The first-order valence-corrected chi connectivity index (χ1v) is 5.65. The number of aromatic hydroxyl groups is 1. The summed E-state index contributed by atoms with van der Waals surface area (Å²) >= 11 is 0. The Labute approximate surface area is 95.5 Å². The topological polar surface area (TPSA) is 29.5 Å². The minimum atomic E-state index is 0.298. The van der Waals surface area contributed by atoms with E-state index in [2.05, 4.69) is 6.92 Å². The lowest BCUT2D eigenvalue weighted by Gasteiger charge is -2.06. The van der Waals surface area contributed by atoms with E-state index in [1.165, 1.54) is 0 Å². The molecular formula is C14H16O2. The minimum Gasteiger partial charge on any atom is -0.508 e. The third-order valence-electron chi connectivity index (χ3n) is 2.56. The Morgan fingerprint density at radius 3 is 2.62 bits per heavy atom. The lowest BCUT2D eigenvalue weighted by molar-refractivity contribution is 0.310. The fourth-order valence-electron chi connectivity index (χ4n) is 1.64. The SMILES string of the molecule is CCCCOc1ccc2cc(O)ccc2c1. The molecule has 0 aliphatic carbocycles. The molecule has 0 unspecified atom stereocenters. The zero-order chi connectivity index (χ0) is 11.4. The number of benzene rings is 2. The number of phenolic OH excluding ortho intramolecular Hbond substituents is 1. The van der Waals surface area contributed by atoms with Crippen LogP contribution in [0.3, 0.4) is 0 Å². The molecular weight excluding hydrogens is 200 g/mol. The zero-order valence-electron chi connectivity index (χ0n) is 9.44. The molecule has 0 radical (unpaired) electrons. The summed E-state index contributed by atoms with van der Waals surface area (Å²) in [7, 11) is 0. The van der Waals surface area contributed by atoms with Gasteiger partial charge in [-0.25, -0.2) is 0 Å². The maximum atomic E-state index is 9.34. The van der Waals surface area contributed by atoms with E-state index in [0.29, 0.717) is 5.75 Å². The van der Waals surface area contributed by atoms with Gasteiger partial charge in [0.25, 0.3) is 0 Å². The van der Waals surface area contributed by atoms with E-state index >= 15 is 0 Å². The normalized spacial score (nSPS) is 10.6. The Kier molecular flexibility index (Phi) is 3.30. The lowest BCUT2D eigenvalue weighted by atomic mass is 10.1. The van der Waals surface area contributed by atoms with Gasteiger partial charge < -0.3 is 9.84 Å². The summed E-state index contributed by atoms with van der Waals surface area (Å²) in [5.41, 5.74) is 0. The highest BCUT2D eigenvalue weighted by Crippen LogP contribution is 2.24. The summed E-state index contributed by atoms with van der Waals surface area (Å²) in [6.45, 7) is 2.91. The standard InChI is InChI=1S/C14H16O2/c1-2-3-8-16-14-7-5-11-9-13(15)6-4-12(11)10-14/h4-7,9-10,15H,2-3,8H2,1H3. The summed E-state index contributed by atoms with van der Waals surface area (Å²) in [5, 5.41) is 11.5. The second-order valence-electron chi connectivity index (χ2n) is 3.90. The van der Waals surface area contributed by atoms with E-state index in [4.69, 9.17) is 4.74 Å². The van der Waals surface area contributed by atoms with Gasteiger partial charge >= 0.3 is 0 Å². The van der Waals surface area contributed by atoms with E-state index in [1.54, 1.807) is 12.1 Å². The molecule has 0 aliphatic rings. The predicted octanol–water partition coefficient (Wildman–Crippen LogP) is 3.72. The van der Waals surface area contributed by atoms with Gasteiger partial charge in [0.05, 0.1) is 6.61 Å². The lowest BCUT2D eigenvalue weighted by Crippen LogP contribution is -1.95. The molecule has 2 aromatic carbocycles. The van der Waals surface area contributed by atoms with E-state index < -0.39 is 0 Å². The van der Waals surface area contributed by atoms with Gasteiger partial charge in [0.2, 0.25) is 0 Å². The van der Waals surface area contributed by atoms with Gasteiger partial charge in [-0.3, -0.25) is 0 Å². The quantitative estimate of drug-likeness (QED) is 0.789. The molecule has 2 nitrogen and oxygen atoms in total. The van der Waals surface area contributed by atoms with E-state index in [0.717, 1.165) is 36.0 Å². The van der Waals surface area contributed by atoms with Crippen LogP contribution in [0.25, 0.3) is 10.8 Å². The Balaban J connectivity index is 2.20. The van der Waals surface area contributed by atoms with Crippen molar-refractivity contribution in [3.63, 3.8) is 0 Å². The maximum absolute atomic E-state index is 9.34. The molecule has 2 heteroatoms. The van der Waals surface area contributed by atoms with Gasteiger partial charge in [-0.05, 0) is 41.5 Å². The summed E-state index contributed by atoms with van der Waals surface area (Å²) in [4.78, 5) is 0. The molecule has 84 valence electrons. The van der Waals surface area contributed by atoms with Crippen LogP contribution in [0.2, 0.25) is 0 Å². The van der Waals surface area contributed by atoms with Crippen molar-refractivity contribution < 1.29 is 9.84 Å². The monoisotopic (exact) mass is 216 g/mol. The fraction of sp³-hybridized carbons (Fsp3) is 0.286. The highest BCUT2D eigenvalue weighted by molar-refractivity contribution is 5.85. The van der Waals surface area contributed by atoms with Crippen molar-refractivity contribution in [1.82, 2.24) is 0 Å². The molecule has 0 atom stereocenters. The first kappa shape index (κ1) is 10.8. The summed E-state index contributed by atoms with van der Waals surface area (Å²) in [6, 6.07) is 11.3.